The van der Waals surface area contributed by atoms with Gasteiger partial charge in [-0.2, -0.15) is 0 Å². The number of rotatable bonds is 5. The van der Waals surface area contributed by atoms with Crippen molar-refractivity contribution in [1.29, 1.82) is 0 Å². The monoisotopic (exact) mass is 364 g/mol. The summed E-state index contributed by atoms with van der Waals surface area (Å²) in [4.78, 5) is 19.9. The summed E-state index contributed by atoms with van der Waals surface area (Å²) in [5.74, 6) is -0.202. The van der Waals surface area contributed by atoms with Crippen LogP contribution in [0.15, 0.2) is 40.0 Å². The minimum absolute atomic E-state index is 0.296. The zero-order valence-electron chi connectivity index (χ0n) is 13.4. The molecule has 3 aromatic rings. The quantitative estimate of drug-likeness (QED) is 0.702. The van der Waals surface area contributed by atoms with Crippen molar-refractivity contribution in [2.24, 2.45) is 0 Å². The van der Waals surface area contributed by atoms with Crippen molar-refractivity contribution < 1.29 is 18.3 Å². The summed E-state index contributed by atoms with van der Waals surface area (Å²) < 4.78 is 36.6. The van der Waals surface area contributed by atoms with E-state index in [2.05, 4.69) is 9.97 Å². The lowest BCUT2D eigenvalue weighted by Gasteiger charge is -2.09. The van der Waals surface area contributed by atoms with Crippen LogP contribution >= 0.6 is 11.8 Å². The molecule has 0 aliphatic carbocycles. The Kier molecular flexibility index (Phi) is 4.89. The van der Waals surface area contributed by atoms with Crippen LogP contribution in [0.2, 0.25) is 0 Å². The van der Waals surface area contributed by atoms with Gasteiger partial charge in [0.1, 0.15) is 5.82 Å². The first-order valence-corrected chi connectivity index (χ1v) is 8.23. The molecular formula is C17H14F2N2O3S. The molecule has 0 bridgehead atoms. The molecule has 25 heavy (non-hydrogen) atoms. The number of halogens is 2. The number of hydrogen-bond donors (Lipinski definition) is 1. The molecule has 0 fully saturated rings. The van der Waals surface area contributed by atoms with E-state index in [0.29, 0.717) is 38.9 Å². The maximum Gasteiger partial charge on any atom is 0.258 e. The maximum absolute atomic E-state index is 13.2. The highest BCUT2D eigenvalue weighted by Gasteiger charge is 2.11. The Morgan fingerprint density at radius 2 is 1.80 bits per heavy atom. The van der Waals surface area contributed by atoms with Crippen LogP contribution < -0.4 is 15.0 Å². The highest BCUT2D eigenvalue weighted by molar-refractivity contribution is 7.98. The summed E-state index contributed by atoms with van der Waals surface area (Å²) >= 11 is 1.24. The first-order chi connectivity index (χ1) is 12.0. The van der Waals surface area contributed by atoms with Crippen molar-refractivity contribution >= 4 is 22.7 Å². The predicted molar refractivity (Wildman–Crippen MR) is 91.4 cm³/mol. The van der Waals surface area contributed by atoms with Crippen LogP contribution in [0.5, 0.6) is 11.5 Å². The van der Waals surface area contributed by atoms with Crippen LogP contribution in [0.4, 0.5) is 8.78 Å². The Balaban J connectivity index is 1.91. The first kappa shape index (κ1) is 17.2. The molecule has 2 aromatic carbocycles. The van der Waals surface area contributed by atoms with Crippen molar-refractivity contribution in [3.05, 3.63) is 58.1 Å². The van der Waals surface area contributed by atoms with Crippen LogP contribution in [0.1, 0.15) is 5.82 Å². The smallest absolute Gasteiger partial charge is 0.258 e. The number of benzene rings is 2. The Morgan fingerprint density at radius 3 is 2.48 bits per heavy atom. The third-order valence-corrected chi connectivity index (χ3v) is 4.53. The summed E-state index contributed by atoms with van der Waals surface area (Å²) in [5, 5.41) is 0.374. The molecule has 0 aliphatic rings. The summed E-state index contributed by atoms with van der Waals surface area (Å²) in [7, 11) is 2.98. The van der Waals surface area contributed by atoms with E-state index in [1.54, 1.807) is 12.1 Å². The van der Waals surface area contributed by atoms with E-state index in [-0.39, 0.29) is 5.56 Å². The number of aromatic amines is 1. The molecule has 0 amide bonds. The third kappa shape index (κ3) is 3.58. The number of nitrogens with zero attached hydrogens (tertiary/aromatic N) is 1. The van der Waals surface area contributed by atoms with Gasteiger partial charge in [0.25, 0.3) is 5.56 Å². The minimum Gasteiger partial charge on any atom is -0.493 e. The Hall–Kier alpha value is -2.61. The van der Waals surface area contributed by atoms with Gasteiger partial charge in [-0.25, -0.2) is 13.8 Å². The molecule has 0 unspecified atom stereocenters. The second kappa shape index (κ2) is 7.10. The molecule has 1 N–H and O–H groups in total. The standard InChI is InChI=1S/C17H14F2N2O3S/c1-23-14-6-10-13(7-15(14)24-2)20-16(21-17(10)22)8-25-9-3-4-11(18)12(19)5-9/h3-7H,8H2,1-2H3,(H,20,21,22). The van der Waals surface area contributed by atoms with Gasteiger partial charge in [0.2, 0.25) is 0 Å². The van der Waals surface area contributed by atoms with Crippen LogP contribution in [0, 0.1) is 11.6 Å². The van der Waals surface area contributed by atoms with Gasteiger partial charge in [0.05, 0.1) is 30.9 Å². The number of H-pyrrole nitrogens is 1. The molecule has 5 nitrogen and oxygen atoms in total. The second-order valence-electron chi connectivity index (χ2n) is 5.10. The van der Waals surface area contributed by atoms with Crippen LogP contribution in [-0.2, 0) is 5.75 Å². The molecule has 0 aliphatic heterocycles. The van der Waals surface area contributed by atoms with E-state index in [1.807, 2.05) is 0 Å². The van der Waals surface area contributed by atoms with Gasteiger partial charge in [0.15, 0.2) is 23.1 Å². The molecule has 1 aromatic heterocycles. The first-order valence-electron chi connectivity index (χ1n) is 7.24. The molecule has 0 atom stereocenters. The fourth-order valence-corrected chi connectivity index (χ4v) is 3.09. The Morgan fingerprint density at radius 1 is 1.08 bits per heavy atom. The van der Waals surface area contributed by atoms with E-state index in [4.69, 9.17) is 9.47 Å². The molecule has 0 saturated carbocycles. The lowest BCUT2D eigenvalue weighted by Crippen LogP contribution is -2.11. The van der Waals surface area contributed by atoms with E-state index >= 15 is 0 Å². The molecule has 0 radical (unpaired) electrons. The zero-order valence-corrected chi connectivity index (χ0v) is 14.2. The summed E-state index contributed by atoms with van der Waals surface area (Å²) in [5.41, 5.74) is 0.147. The number of fused-ring (bicyclic) bond motifs is 1. The van der Waals surface area contributed by atoms with Crippen molar-refractivity contribution in [2.75, 3.05) is 14.2 Å². The average Bonchev–Trinajstić information content (AvgIpc) is 2.61. The van der Waals surface area contributed by atoms with E-state index in [0.717, 1.165) is 12.1 Å². The SMILES string of the molecule is COc1cc2nc(CSc3ccc(F)c(F)c3)[nH]c(=O)c2cc1OC. The summed E-state index contributed by atoms with van der Waals surface area (Å²) in [6.45, 7) is 0. The molecule has 0 saturated heterocycles. The number of thioether (sulfide) groups is 1. The normalized spacial score (nSPS) is 10.9. The number of methoxy groups -OCH3 is 2. The molecular weight excluding hydrogens is 350 g/mol. The molecule has 3 rings (SSSR count). The molecule has 1 heterocycles. The van der Waals surface area contributed by atoms with Gasteiger partial charge in [-0.15, -0.1) is 11.8 Å². The van der Waals surface area contributed by atoms with Gasteiger partial charge in [-0.05, 0) is 24.3 Å². The predicted octanol–water partition coefficient (Wildman–Crippen LogP) is 3.51. The van der Waals surface area contributed by atoms with Crippen molar-refractivity contribution in [3.63, 3.8) is 0 Å². The van der Waals surface area contributed by atoms with Gasteiger partial charge < -0.3 is 14.5 Å². The molecule has 130 valence electrons. The Bertz CT molecular complexity index is 992. The third-order valence-electron chi connectivity index (χ3n) is 3.53. The van der Waals surface area contributed by atoms with Crippen molar-refractivity contribution in [2.45, 2.75) is 10.6 Å². The lowest BCUT2D eigenvalue weighted by molar-refractivity contribution is 0.355. The van der Waals surface area contributed by atoms with E-state index in [1.165, 1.54) is 32.0 Å². The van der Waals surface area contributed by atoms with Gasteiger partial charge in [-0.3, -0.25) is 4.79 Å². The lowest BCUT2D eigenvalue weighted by atomic mass is 10.2. The van der Waals surface area contributed by atoms with Gasteiger partial charge in [-0.1, -0.05) is 0 Å². The fraction of sp³-hybridized carbons (Fsp3) is 0.176. The fourth-order valence-electron chi connectivity index (χ4n) is 2.30. The van der Waals surface area contributed by atoms with Gasteiger partial charge >= 0.3 is 0 Å². The number of aromatic nitrogens is 2. The highest BCUT2D eigenvalue weighted by atomic mass is 32.2. The van der Waals surface area contributed by atoms with Crippen LogP contribution in [0.25, 0.3) is 10.9 Å². The van der Waals surface area contributed by atoms with Crippen molar-refractivity contribution in [3.8, 4) is 11.5 Å². The van der Waals surface area contributed by atoms with E-state index in [9.17, 15) is 13.6 Å². The summed E-state index contributed by atoms with van der Waals surface area (Å²) in [6.07, 6.45) is 0. The Labute approximate surface area is 146 Å². The largest absolute Gasteiger partial charge is 0.493 e. The maximum atomic E-state index is 13.2. The number of hydrogen-bond acceptors (Lipinski definition) is 5. The number of ether oxygens (including phenoxy) is 2. The average molecular weight is 364 g/mol. The molecule has 8 heteroatoms. The topological polar surface area (TPSA) is 64.2 Å². The second-order valence-corrected chi connectivity index (χ2v) is 6.15. The van der Waals surface area contributed by atoms with E-state index < -0.39 is 11.6 Å². The van der Waals surface area contributed by atoms with Gasteiger partial charge in [0, 0.05) is 11.0 Å². The number of nitrogens with one attached hydrogen (secondary N) is 1. The minimum atomic E-state index is -0.915. The zero-order chi connectivity index (χ0) is 18.0. The van der Waals surface area contributed by atoms with Crippen LogP contribution in [-0.4, -0.2) is 24.2 Å². The highest BCUT2D eigenvalue weighted by Crippen LogP contribution is 2.30. The summed E-state index contributed by atoms with van der Waals surface area (Å²) in [6, 6.07) is 6.82. The molecule has 0 spiro atoms. The van der Waals surface area contributed by atoms with Crippen molar-refractivity contribution in [1.82, 2.24) is 9.97 Å². The van der Waals surface area contributed by atoms with Crippen LogP contribution in [0.3, 0.4) is 0 Å².